The van der Waals surface area contributed by atoms with Gasteiger partial charge in [0.15, 0.2) is 0 Å². The molecule has 0 unspecified atom stereocenters. The topological polar surface area (TPSA) is 105 Å². The number of rotatable bonds is 10. The summed E-state index contributed by atoms with van der Waals surface area (Å²) in [6.45, 7) is 4.03. The van der Waals surface area contributed by atoms with Crippen molar-refractivity contribution in [2.75, 3.05) is 31.4 Å². The van der Waals surface area contributed by atoms with Gasteiger partial charge >= 0.3 is 7.60 Å². The van der Waals surface area contributed by atoms with E-state index in [1.165, 1.54) is 7.11 Å². The summed E-state index contributed by atoms with van der Waals surface area (Å²) < 4.78 is 35.8. The van der Waals surface area contributed by atoms with Gasteiger partial charge in [-0.2, -0.15) is 0 Å². The molecule has 3 N–H and O–H groups in total. The number of anilines is 3. The molecule has 4 rings (SSSR count). The first kappa shape index (κ1) is 24.5. The van der Waals surface area contributed by atoms with Crippen LogP contribution in [0.2, 0.25) is 0 Å². The number of hydrogen-bond acceptors (Lipinski definition) is 8. The monoisotopic (exact) mass is 493 g/mol. The molecule has 0 radical (unpaired) electrons. The Kier molecular flexibility index (Phi) is 7.56. The first-order chi connectivity index (χ1) is 17.0. The second kappa shape index (κ2) is 10.8. The fourth-order valence-corrected chi connectivity index (χ4v) is 5.41. The van der Waals surface area contributed by atoms with Crippen molar-refractivity contribution in [1.29, 1.82) is 0 Å². The molecule has 1 heterocycles. The molecular formula is C26H28N3O5P. The number of hydrogen-bond donors (Lipinski definition) is 2. The van der Waals surface area contributed by atoms with Crippen LogP contribution in [0.1, 0.15) is 13.8 Å². The van der Waals surface area contributed by atoms with Crippen LogP contribution < -0.4 is 25.8 Å². The van der Waals surface area contributed by atoms with Gasteiger partial charge in [0.25, 0.3) is 0 Å². The fraction of sp³-hybridized carbons (Fsp3) is 0.192. The molecule has 0 bridgehead atoms. The zero-order valence-corrected chi connectivity index (χ0v) is 20.7. The minimum absolute atomic E-state index is 0.250. The van der Waals surface area contributed by atoms with Gasteiger partial charge in [-0.05, 0) is 44.2 Å². The largest absolute Gasteiger partial charge is 0.496 e. The lowest BCUT2D eigenvalue weighted by atomic mass is 10.1. The minimum atomic E-state index is -3.50. The standard InChI is InChI=1S/C26H28N3O5P/c1-4-32-35(30,33-5-2)25-13-10-18(16-24(25)31-3)29-26-17-19(14-15-28-26)34-23-12-11-22(27)20-8-6-7-9-21(20)23/h6-17H,4-5,27H2,1-3H3,(H,28,29). The van der Waals surface area contributed by atoms with Crippen LogP contribution in [0.25, 0.3) is 10.8 Å². The van der Waals surface area contributed by atoms with Crippen molar-refractivity contribution in [3.8, 4) is 17.2 Å². The van der Waals surface area contributed by atoms with E-state index in [-0.39, 0.29) is 13.2 Å². The molecule has 8 nitrogen and oxygen atoms in total. The number of nitrogens with zero attached hydrogens (tertiary/aromatic N) is 1. The highest BCUT2D eigenvalue weighted by Crippen LogP contribution is 2.49. The van der Waals surface area contributed by atoms with Crippen LogP contribution in [0.4, 0.5) is 17.2 Å². The van der Waals surface area contributed by atoms with E-state index in [0.717, 1.165) is 10.8 Å². The number of aromatic nitrogens is 1. The first-order valence-corrected chi connectivity index (χ1v) is 12.8. The van der Waals surface area contributed by atoms with Gasteiger partial charge in [-0.1, -0.05) is 24.3 Å². The van der Waals surface area contributed by atoms with Crippen molar-refractivity contribution in [3.05, 3.63) is 72.9 Å². The predicted octanol–water partition coefficient (Wildman–Crippen LogP) is 6.25. The van der Waals surface area contributed by atoms with Crippen molar-refractivity contribution in [2.24, 2.45) is 0 Å². The van der Waals surface area contributed by atoms with Crippen molar-refractivity contribution in [2.45, 2.75) is 13.8 Å². The molecule has 0 fully saturated rings. The summed E-state index contributed by atoms with van der Waals surface area (Å²) in [7, 11) is -1.99. The molecular weight excluding hydrogens is 465 g/mol. The van der Waals surface area contributed by atoms with Crippen LogP contribution in [0, 0.1) is 0 Å². The first-order valence-electron chi connectivity index (χ1n) is 11.2. The Morgan fingerprint density at radius 1 is 0.914 bits per heavy atom. The van der Waals surface area contributed by atoms with Crippen LogP contribution in [0.3, 0.4) is 0 Å². The molecule has 3 aromatic carbocycles. The summed E-state index contributed by atoms with van der Waals surface area (Å²) in [6, 6.07) is 20.2. The Morgan fingerprint density at radius 3 is 2.37 bits per heavy atom. The summed E-state index contributed by atoms with van der Waals surface area (Å²) in [5.41, 5.74) is 7.49. The lowest BCUT2D eigenvalue weighted by molar-refractivity contribution is 0.229. The Labute approximate surface area is 204 Å². The Hall–Kier alpha value is -3.58. The van der Waals surface area contributed by atoms with E-state index < -0.39 is 7.60 Å². The maximum atomic E-state index is 13.2. The van der Waals surface area contributed by atoms with Gasteiger partial charge in [0.05, 0.1) is 20.3 Å². The minimum Gasteiger partial charge on any atom is -0.496 e. The van der Waals surface area contributed by atoms with E-state index in [4.69, 9.17) is 24.3 Å². The molecule has 0 aliphatic rings. The summed E-state index contributed by atoms with van der Waals surface area (Å²) in [6.07, 6.45) is 1.65. The highest BCUT2D eigenvalue weighted by Gasteiger charge is 2.30. The fourth-order valence-electron chi connectivity index (χ4n) is 3.70. The smallest absolute Gasteiger partial charge is 0.365 e. The van der Waals surface area contributed by atoms with Gasteiger partial charge in [0.1, 0.15) is 28.4 Å². The van der Waals surface area contributed by atoms with E-state index in [1.807, 2.05) is 36.4 Å². The van der Waals surface area contributed by atoms with E-state index in [2.05, 4.69) is 10.3 Å². The molecule has 0 saturated heterocycles. The van der Waals surface area contributed by atoms with Crippen molar-refractivity contribution >= 4 is 40.9 Å². The molecule has 0 amide bonds. The maximum Gasteiger partial charge on any atom is 0.365 e. The number of benzene rings is 3. The average Bonchev–Trinajstić information content (AvgIpc) is 2.86. The SMILES string of the molecule is CCOP(=O)(OCC)c1ccc(Nc2cc(Oc3ccc(N)c4ccccc34)ccn2)cc1OC. The molecule has 35 heavy (non-hydrogen) atoms. The summed E-state index contributed by atoms with van der Waals surface area (Å²) in [5, 5.41) is 5.46. The highest BCUT2D eigenvalue weighted by molar-refractivity contribution is 7.62. The molecule has 4 aromatic rings. The molecule has 1 aromatic heterocycles. The average molecular weight is 494 g/mol. The summed E-state index contributed by atoms with van der Waals surface area (Å²) >= 11 is 0. The van der Waals surface area contributed by atoms with Crippen LogP contribution >= 0.6 is 7.60 Å². The molecule has 0 spiro atoms. The maximum absolute atomic E-state index is 13.2. The Bertz CT molecular complexity index is 1370. The molecule has 0 aliphatic carbocycles. The Balaban J connectivity index is 1.59. The summed E-state index contributed by atoms with van der Waals surface area (Å²) in [5.74, 6) is 2.26. The van der Waals surface area contributed by atoms with E-state index >= 15 is 0 Å². The molecule has 0 aliphatic heterocycles. The molecule has 182 valence electrons. The van der Waals surface area contributed by atoms with Crippen molar-refractivity contribution < 1.29 is 23.1 Å². The predicted molar refractivity (Wildman–Crippen MR) is 139 cm³/mol. The van der Waals surface area contributed by atoms with Crippen LogP contribution in [0.5, 0.6) is 17.2 Å². The lowest BCUT2D eigenvalue weighted by Gasteiger charge is -2.20. The number of methoxy groups -OCH3 is 1. The van der Waals surface area contributed by atoms with Gasteiger partial charge in [0.2, 0.25) is 0 Å². The van der Waals surface area contributed by atoms with E-state index in [1.54, 1.807) is 50.4 Å². The van der Waals surface area contributed by atoms with Gasteiger partial charge in [-0.3, -0.25) is 4.57 Å². The van der Waals surface area contributed by atoms with Gasteiger partial charge < -0.3 is 29.6 Å². The van der Waals surface area contributed by atoms with Gasteiger partial charge in [-0.15, -0.1) is 0 Å². The number of nitrogens with one attached hydrogen (secondary N) is 1. The molecule has 0 atom stereocenters. The summed E-state index contributed by atoms with van der Waals surface area (Å²) in [4.78, 5) is 4.38. The third-order valence-electron chi connectivity index (χ3n) is 5.22. The van der Waals surface area contributed by atoms with Crippen molar-refractivity contribution in [1.82, 2.24) is 4.98 Å². The van der Waals surface area contributed by atoms with Gasteiger partial charge in [0, 0.05) is 40.5 Å². The quantitative estimate of drug-likeness (QED) is 0.197. The van der Waals surface area contributed by atoms with Crippen LogP contribution in [-0.4, -0.2) is 25.3 Å². The van der Waals surface area contributed by atoms with Gasteiger partial charge in [-0.25, -0.2) is 4.98 Å². The third kappa shape index (κ3) is 5.41. The molecule has 0 saturated carbocycles. The second-order valence-corrected chi connectivity index (χ2v) is 9.52. The van der Waals surface area contributed by atoms with Crippen LogP contribution in [0.15, 0.2) is 72.9 Å². The number of pyridine rings is 1. The normalized spacial score (nSPS) is 11.4. The third-order valence-corrected chi connectivity index (χ3v) is 7.38. The zero-order valence-electron chi connectivity index (χ0n) is 19.9. The Morgan fingerprint density at radius 2 is 1.66 bits per heavy atom. The van der Waals surface area contributed by atoms with E-state index in [9.17, 15) is 4.57 Å². The molecule has 9 heteroatoms. The number of nitrogens with two attached hydrogens (primary N) is 1. The number of nitrogen functional groups attached to an aromatic ring is 1. The zero-order chi connectivity index (χ0) is 24.8. The van der Waals surface area contributed by atoms with Crippen LogP contribution in [-0.2, 0) is 13.6 Å². The van der Waals surface area contributed by atoms with E-state index in [0.29, 0.717) is 39.7 Å². The second-order valence-electron chi connectivity index (χ2n) is 7.52. The number of fused-ring (bicyclic) bond motifs is 1. The highest BCUT2D eigenvalue weighted by atomic mass is 31.2. The lowest BCUT2D eigenvalue weighted by Crippen LogP contribution is -2.14. The number of ether oxygens (including phenoxy) is 2. The van der Waals surface area contributed by atoms with Crippen molar-refractivity contribution in [3.63, 3.8) is 0 Å².